The molecule has 2 heterocycles. The largest absolute Gasteiger partial charge is 0.466 e. The second kappa shape index (κ2) is 7.13. The van der Waals surface area contributed by atoms with E-state index in [1.807, 2.05) is 4.90 Å². The fraction of sp³-hybridized carbons (Fsp3) is 0.714. The Morgan fingerprint density at radius 2 is 2.18 bits per heavy atom. The number of carbonyl (C=O) groups is 1. The third-order valence-corrected chi connectivity index (χ3v) is 3.69. The van der Waals surface area contributed by atoms with Gasteiger partial charge in [-0.15, -0.1) is 0 Å². The van der Waals surface area contributed by atoms with Gasteiger partial charge in [-0.2, -0.15) is 18.3 Å². The summed E-state index contributed by atoms with van der Waals surface area (Å²) in [4.78, 5) is 13.2. The second-order valence-electron chi connectivity index (χ2n) is 5.32. The first-order chi connectivity index (χ1) is 10.4. The molecule has 1 aliphatic heterocycles. The maximum atomic E-state index is 12.9. The van der Waals surface area contributed by atoms with Crippen molar-refractivity contribution in [2.45, 2.75) is 45.3 Å². The monoisotopic (exact) mass is 319 g/mol. The highest BCUT2D eigenvalue weighted by atomic mass is 19.4. The van der Waals surface area contributed by atoms with Gasteiger partial charge in [0.2, 0.25) is 0 Å². The normalized spacial score (nSPS) is 15.6. The van der Waals surface area contributed by atoms with Crippen LogP contribution in [0.2, 0.25) is 0 Å². The molecule has 2 rings (SSSR count). The Hall–Kier alpha value is -1.57. The summed E-state index contributed by atoms with van der Waals surface area (Å²) in [6.45, 7) is 3.74. The molecular formula is C14H20F3N3O2. The van der Waals surface area contributed by atoms with Gasteiger partial charge in [-0.3, -0.25) is 14.8 Å². The van der Waals surface area contributed by atoms with Gasteiger partial charge in [0.05, 0.1) is 6.61 Å². The molecule has 0 fully saturated rings. The van der Waals surface area contributed by atoms with Crippen molar-refractivity contribution < 1.29 is 22.7 Å². The molecule has 0 radical (unpaired) electrons. The quantitative estimate of drug-likeness (QED) is 0.646. The van der Waals surface area contributed by atoms with Gasteiger partial charge in [0.25, 0.3) is 0 Å². The number of rotatable bonds is 6. The Bertz CT molecular complexity index is 514. The number of carbonyl (C=O) groups excluding carboxylic acids is 1. The number of ether oxygens (including phenoxy) is 1. The van der Waals surface area contributed by atoms with Crippen molar-refractivity contribution in [1.82, 2.24) is 15.1 Å². The van der Waals surface area contributed by atoms with Gasteiger partial charge in [-0.05, 0) is 26.3 Å². The van der Waals surface area contributed by atoms with Crippen molar-refractivity contribution in [2.24, 2.45) is 0 Å². The minimum Gasteiger partial charge on any atom is -0.466 e. The zero-order valence-electron chi connectivity index (χ0n) is 12.5. The standard InChI is InChI=1S/C14H20F3N3O2/c1-2-22-12(21)5-3-4-7-20-8-6-11-10(9-20)13(19-18-11)14(15,16)17/h2-9H2,1H3,(H,18,19). The number of fused-ring (bicyclic) bond motifs is 1. The third kappa shape index (κ3) is 4.22. The Morgan fingerprint density at radius 1 is 1.41 bits per heavy atom. The highest BCUT2D eigenvalue weighted by molar-refractivity contribution is 5.69. The first-order valence-corrected chi connectivity index (χ1v) is 7.43. The van der Waals surface area contributed by atoms with Crippen LogP contribution in [0, 0.1) is 0 Å². The average molecular weight is 319 g/mol. The van der Waals surface area contributed by atoms with Gasteiger partial charge in [0.15, 0.2) is 5.69 Å². The average Bonchev–Trinajstić information content (AvgIpc) is 2.87. The summed E-state index contributed by atoms with van der Waals surface area (Å²) < 4.78 is 43.4. The van der Waals surface area contributed by atoms with E-state index in [4.69, 9.17) is 4.74 Å². The number of nitrogens with zero attached hydrogens (tertiary/aromatic N) is 2. The van der Waals surface area contributed by atoms with E-state index in [1.54, 1.807) is 6.92 Å². The van der Waals surface area contributed by atoms with Crippen molar-refractivity contribution in [3.63, 3.8) is 0 Å². The van der Waals surface area contributed by atoms with Crippen LogP contribution in [-0.2, 0) is 28.7 Å². The number of esters is 1. The molecule has 0 aliphatic carbocycles. The van der Waals surface area contributed by atoms with E-state index in [0.717, 1.165) is 6.42 Å². The Balaban J connectivity index is 1.82. The predicted octanol–water partition coefficient (Wildman–Crippen LogP) is 2.52. The van der Waals surface area contributed by atoms with Crippen LogP contribution in [0.15, 0.2) is 0 Å². The minimum absolute atomic E-state index is 0.224. The number of hydrogen-bond acceptors (Lipinski definition) is 4. The zero-order valence-corrected chi connectivity index (χ0v) is 12.5. The van der Waals surface area contributed by atoms with Crippen LogP contribution in [0.1, 0.15) is 43.1 Å². The molecule has 1 aromatic rings. The number of aromatic nitrogens is 2. The van der Waals surface area contributed by atoms with Gasteiger partial charge < -0.3 is 4.74 Å². The number of aromatic amines is 1. The highest BCUT2D eigenvalue weighted by Gasteiger charge is 2.39. The molecule has 0 atom stereocenters. The lowest BCUT2D eigenvalue weighted by Crippen LogP contribution is -2.32. The number of hydrogen-bond donors (Lipinski definition) is 1. The fourth-order valence-electron chi connectivity index (χ4n) is 2.61. The lowest BCUT2D eigenvalue weighted by atomic mass is 10.0. The maximum absolute atomic E-state index is 12.9. The van der Waals surface area contributed by atoms with Gasteiger partial charge >= 0.3 is 12.1 Å². The van der Waals surface area contributed by atoms with E-state index in [-0.39, 0.29) is 18.1 Å². The first-order valence-electron chi connectivity index (χ1n) is 7.43. The van der Waals surface area contributed by atoms with Crippen molar-refractivity contribution in [3.05, 3.63) is 17.0 Å². The van der Waals surface area contributed by atoms with Crippen LogP contribution in [0.5, 0.6) is 0 Å². The summed E-state index contributed by atoms with van der Waals surface area (Å²) in [5.41, 5.74) is 0.0259. The highest BCUT2D eigenvalue weighted by Crippen LogP contribution is 2.33. The van der Waals surface area contributed by atoms with E-state index in [1.165, 1.54) is 0 Å². The van der Waals surface area contributed by atoms with Crippen LogP contribution >= 0.6 is 0 Å². The van der Waals surface area contributed by atoms with E-state index < -0.39 is 11.9 Å². The molecule has 124 valence electrons. The Morgan fingerprint density at radius 3 is 2.86 bits per heavy atom. The third-order valence-electron chi connectivity index (χ3n) is 3.69. The fourth-order valence-corrected chi connectivity index (χ4v) is 2.61. The van der Waals surface area contributed by atoms with E-state index in [0.29, 0.717) is 44.7 Å². The van der Waals surface area contributed by atoms with Gasteiger partial charge in [0, 0.05) is 37.2 Å². The molecule has 0 amide bonds. The SMILES string of the molecule is CCOC(=O)CCCCN1CCc2[nH]nc(C(F)(F)F)c2C1. The molecule has 1 N–H and O–H groups in total. The van der Waals surface area contributed by atoms with E-state index >= 15 is 0 Å². The van der Waals surface area contributed by atoms with Crippen molar-refractivity contribution in [3.8, 4) is 0 Å². The van der Waals surface area contributed by atoms with Crippen molar-refractivity contribution in [2.75, 3.05) is 19.7 Å². The van der Waals surface area contributed by atoms with Crippen LogP contribution in [-0.4, -0.2) is 40.8 Å². The minimum atomic E-state index is -4.42. The molecule has 8 heteroatoms. The molecule has 0 saturated carbocycles. The number of unbranched alkanes of at least 4 members (excludes halogenated alkanes) is 1. The summed E-state index contributed by atoms with van der Waals surface area (Å²) >= 11 is 0. The van der Waals surface area contributed by atoms with Gasteiger partial charge in [0.1, 0.15) is 0 Å². The van der Waals surface area contributed by atoms with Crippen LogP contribution in [0.3, 0.4) is 0 Å². The van der Waals surface area contributed by atoms with Gasteiger partial charge in [-0.25, -0.2) is 0 Å². The zero-order chi connectivity index (χ0) is 16.2. The van der Waals surface area contributed by atoms with Gasteiger partial charge in [-0.1, -0.05) is 0 Å². The van der Waals surface area contributed by atoms with Crippen LogP contribution in [0.25, 0.3) is 0 Å². The Labute approximate surface area is 126 Å². The number of nitrogens with one attached hydrogen (secondary N) is 1. The molecular weight excluding hydrogens is 299 g/mol. The maximum Gasteiger partial charge on any atom is 0.435 e. The predicted molar refractivity (Wildman–Crippen MR) is 73.1 cm³/mol. The summed E-state index contributed by atoms with van der Waals surface area (Å²) in [5.74, 6) is -0.224. The first kappa shape index (κ1) is 16.8. The van der Waals surface area contributed by atoms with Crippen LogP contribution < -0.4 is 0 Å². The van der Waals surface area contributed by atoms with Crippen molar-refractivity contribution in [1.29, 1.82) is 0 Å². The summed E-state index contributed by atoms with van der Waals surface area (Å²) in [6, 6.07) is 0. The smallest absolute Gasteiger partial charge is 0.435 e. The molecule has 5 nitrogen and oxygen atoms in total. The lowest BCUT2D eigenvalue weighted by molar-refractivity contribution is -0.143. The lowest BCUT2D eigenvalue weighted by Gasteiger charge is -2.27. The molecule has 1 aromatic heterocycles. The summed E-state index contributed by atoms with van der Waals surface area (Å²) in [7, 11) is 0. The molecule has 0 saturated heterocycles. The molecule has 0 unspecified atom stereocenters. The molecule has 0 aromatic carbocycles. The molecule has 0 spiro atoms. The number of alkyl halides is 3. The topological polar surface area (TPSA) is 58.2 Å². The van der Waals surface area contributed by atoms with Crippen molar-refractivity contribution >= 4 is 5.97 Å². The molecule has 22 heavy (non-hydrogen) atoms. The summed E-state index contributed by atoms with van der Waals surface area (Å²) in [6.07, 6.45) is -2.09. The van der Waals surface area contributed by atoms with Crippen LogP contribution in [0.4, 0.5) is 13.2 Å². The van der Waals surface area contributed by atoms with E-state index in [9.17, 15) is 18.0 Å². The van der Waals surface area contributed by atoms with E-state index in [2.05, 4.69) is 10.2 Å². The Kier molecular flexibility index (Phi) is 5.44. The number of H-pyrrole nitrogens is 1. The number of halogens is 3. The molecule has 1 aliphatic rings. The molecule has 0 bridgehead atoms. The summed E-state index contributed by atoms with van der Waals surface area (Å²) in [5, 5.41) is 5.90. The second-order valence-corrected chi connectivity index (χ2v) is 5.32.